The lowest BCUT2D eigenvalue weighted by Crippen LogP contribution is -2.25. The summed E-state index contributed by atoms with van der Waals surface area (Å²) in [5.74, 6) is -0.491. The molecule has 1 atom stereocenters. The Hall–Kier alpha value is -1.27. The second-order valence-electron chi connectivity index (χ2n) is 5.24. The van der Waals surface area contributed by atoms with Crippen LogP contribution in [0.25, 0.3) is 0 Å². The van der Waals surface area contributed by atoms with Gasteiger partial charge in [0.1, 0.15) is 18.5 Å². The van der Waals surface area contributed by atoms with Gasteiger partial charge in [0.25, 0.3) is 0 Å². The highest BCUT2D eigenvalue weighted by Crippen LogP contribution is 2.34. The van der Waals surface area contributed by atoms with Gasteiger partial charge in [-0.05, 0) is 38.5 Å². The summed E-state index contributed by atoms with van der Waals surface area (Å²) in [5, 5.41) is 0. The molecule has 2 rings (SSSR count). The predicted octanol–water partition coefficient (Wildman–Crippen LogP) is 3.54. The first kappa shape index (κ1) is 15.1. The van der Waals surface area contributed by atoms with Gasteiger partial charge in [-0.1, -0.05) is 6.07 Å². The Bertz CT molecular complexity index is 483. The van der Waals surface area contributed by atoms with Crippen molar-refractivity contribution in [3.63, 3.8) is 0 Å². The summed E-state index contributed by atoms with van der Waals surface area (Å²) < 4.78 is 54.6. The molecule has 1 aromatic rings. The van der Waals surface area contributed by atoms with E-state index < -0.39 is 17.5 Å². The number of hydrogen-bond acceptors (Lipinski definition) is 3. The molecule has 1 fully saturated rings. The molecule has 1 aromatic carbocycles. The van der Waals surface area contributed by atoms with E-state index in [-0.39, 0.29) is 24.0 Å². The molecule has 1 saturated heterocycles. The highest BCUT2D eigenvalue weighted by Gasteiger charge is 2.34. The third-order valence-electron chi connectivity index (χ3n) is 3.02. The maximum absolute atomic E-state index is 12.8. The van der Waals surface area contributed by atoms with Crippen LogP contribution in [-0.4, -0.2) is 25.1 Å². The molecule has 0 aromatic heterocycles. The van der Waals surface area contributed by atoms with Crippen LogP contribution in [0.1, 0.15) is 25.0 Å². The van der Waals surface area contributed by atoms with Crippen LogP contribution in [-0.2, 0) is 15.7 Å². The van der Waals surface area contributed by atoms with Crippen LogP contribution in [0, 0.1) is 6.92 Å². The average molecular weight is 290 g/mol. The van der Waals surface area contributed by atoms with Crippen LogP contribution < -0.4 is 4.74 Å². The maximum atomic E-state index is 12.8. The van der Waals surface area contributed by atoms with E-state index in [1.54, 1.807) is 13.8 Å². The molecule has 0 bridgehead atoms. The standard InChI is InChI=1S/C14H17F3O3/c1-9-4-5-10(6-12(9)14(15,16)17)18-7-11-8-19-13(2,3)20-11/h4-6,11H,7-8H2,1-3H3. The molecule has 0 N–H and O–H groups in total. The maximum Gasteiger partial charge on any atom is 0.416 e. The zero-order chi connectivity index (χ0) is 15.0. The third kappa shape index (κ3) is 3.64. The Kier molecular flexibility index (Phi) is 3.97. The van der Waals surface area contributed by atoms with Crippen molar-refractivity contribution in [3.8, 4) is 5.75 Å². The lowest BCUT2D eigenvalue weighted by atomic mass is 10.1. The summed E-state index contributed by atoms with van der Waals surface area (Å²) in [4.78, 5) is 0. The van der Waals surface area contributed by atoms with E-state index in [9.17, 15) is 13.2 Å². The van der Waals surface area contributed by atoms with Crippen LogP contribution in [0.2, 0.25) is 0 Å². The van der Waals surface area contributed by atoms with Crippen LogP contribution >= 0.6 is 0 Å². The summed E-state index contributed by atoms with van der Waals surface area (Å²) in [6.45, 7) is 5.50. The number of rotatable bonds is 3. The van der Waals surface area contributed by atoms with E-state index in [0.29, 0.717) is 6.61 Å². The highest BCUT2D eigenvalue weighted by molar-refractivity contribution is 5.36. The Morgan fingerprint density at radius 1 is 1.35 bits per heavy atom. The molecule has 0 spiro atoms. The molecule has 3 nitrogen and oxygen atoms in total. The predicted molar refractivity (Wildman–Crippen MR) is 66.6 cm³/mol. The Labute approximate surface area is 115 Å². The lowest BCUT2D eigenvalue weighted by molar-refractivity contribution is -0.141. The molecule has 0 amide bonds. The van der Waals surface area contributed by atoms with E-state index in [4.69, 9.17) is 14.2 Å². The summed E-state index contributed by atoms with van der Waals surface area (Å²) in [5.41, 5.74) is -0.509. The molecule has 0 aliphatic carbocycles. The van der Waals surface area contributed by atoms with Gasteiger partial charge in [-0.15, -0.1) is 0 Å². The minimum atomic E-state index is -4.38. The summed E-state index contributed by atoms with van der Waals surface area (Å²) in [7, 11) is 0. The van der Waals surface area contributed by atoms with Crippen molar-refractivity contribution in [2.75, 3.05) is 13.2 Å². The zero-order valence-corrected chi connectivity index (χ0v) is 11.6. The minimum absolute atomic E-state index is 0.157. The summed E-state index contributed by atoms with van der Waals surface area (Å²) in [6, 6.07) is 3.93. The van der Waals surface area contributed by atoms with Crippen molar-refractivity contribution in [2.24, 2.45) is 0 Å². The minimum Gasteiger partial charge on any atom is -0.491 e. The highest BCUT2D eigenvalue weighted by atomic mass is 19.4. The molecule has 0 saturated carbocycles. The number of ether oxygens (including phenoxy) is 3. The fraction of sp³-hybridized carbons (Fsp3) is 0.571. The third-order valence-corrected chi connectivity index (χ3v) is 3.02. The Morgan fingerprint density at radius 2 is 2.05 bits per heavy atom. The molecule has 1 heterocycles. The van der Waals surface area contributed by atoms with E-state index in [2.05, 4.69) is 0 Å². The van der Waals surface area contributed by atoms with Crippen molar-refractivity contribution >= 4 is 0 Å². The van der Waals surface area contributed by atoms with E-state index >= 15 is 0 Å². The van der Waals surface area contributed by atoms with Crippen LogP contribution in [0.3, 0.4) is 0 Å². The van der Waals surface area contributed by atoms with Gasteiger partial charge < -0.3 is 14.2 Å². The monoisotopic (exact) mass is 290 g/mol. The quantitative estimate of drug-likeness (QED) is 0.852. The molecule has 1 unspecified atom stereocenters. The van der Waals surface area contributed by atoms with Crippen molar-refractivity contribution in [3.05, 3.63) is 29.3 Å². The normalized spacial score (nSPS) is 22.0. The molecule has 1 aliphatic heterocycles. The molecule has 6 heteroatoms. The number of aryl methyl sites for hydroxylation is 1. The van der Waals surface area contributed by atoms with Gasteiger partial charge in [-0.2, -0.15) is 13.2 Å². The lowest BCUT2D eigenvalue weighted by Gasteiger charge is -2.18. The number of alkyl halides is 3. The summed E-state index contributed by atoms with van der Waals surface area (Å²) >= 11 is 0. The molecule has 112 valence electrons. The zero-order valence-electron chi connectivity index (χ0n) is 11.6. The molecular weight excluding hydrogens is 273 g/mol. The first-order chi connectivity index (χ1) is 9.17. The van der Waals surface area contributed by atoms with Gasteiger partial charge in [-0.3, -0.25) is 0 Å². The smallest absolute Gasteiger partial charge is 0.416 e. The van der Waals surface area contributed by atoms with Crippen LogP contribution in [0.5, 0.6) is 5.75 Å². The van der Waals surface area contributed by atoms with Gasteiger partial charge in [0, 0.05) is 0 Å². The van der Waals surface area contributed by atoms with Gasteiger partial charge in [0.05, 0.1) is 12.2 Å². The van der Waals surface area contributed by atoms with Crippen LogP contribution in [0.15, 0.2) is 18.2 Å². The van der Waals surface area contributed by atoms with Gasteiger partial charge in [0.15, 0.2) is 5.79 Å². The SMILES string of the molecule is Cc1ccc(OCC2COC(C)(C)O2)cc1C(F)(F)F. The number of halogens is 3. The van der Waals surface area contributed by atoms with Gasteiger partial charge in [0.2, 0.25) is 0 Å². The van der Waals surface area contributed by atoms with Gasteiger partial charge in [-0.25, -0.2) is 0 Å². The van der Waals surface area contributed by atoms with Crippen LogP contribution in [0.4, 0.5) is 13.2 Å². The molecule has 0 radical (unpaired) electrons. The second kappa shape index (κ2) is 5.26. The van der Waals surface area contributed by atoms with Crippen molar-refractivity contribution in [1.82, 2.24) is 0 Å². The van der Waals surface area contributed by atoms with Crippen molar-refractivity contribution in [1.29, 1.82) is 0 Å². The van der Waals surface area contributed by atoms with Gasteiger partial charge >= 0.3 is 6.18 Å². The van der Waals surface area contributed by atoms with Crippen molar-refractivity contribution in [2.45, 2.75) is 38.8 Å². The first-order valence-corrected chi connectivity index (χ1v) is 6.30. The largest absolute Gasteiger partial charge is 0.491 e. The molecular formula is C14H17F3O3. The first-order valence-electron chi connectivity index (χ1n) is 6.30. The Balaban J connectivity index is 2.01. The molecule has 1 aliphatic rings. The fourth-order valence-corrected chi connectivity index (χ4v) is 2.03. The summed E-state index contributed by atoms with van der Waals surface area (Å²) in [6.07, 6.45) is -4.65. The van der Waals surface area contributed by atoms with E-state index in [0.717, 1.165) is 6.07 Å². The average Bonchev–Trinajstić information content (AvgIpc) is 2.66. The topological polar surface area (TPSA) is 27.7 Å². The fourth-order valence-electron chi connectivity index (χ4n) is 2.03. The van der Waals surface area contributed by atoms with E-state index in [1.807, 2.05) is 0 Å². The Morgan fingerprint density at radius 3 is 2.60 bits per heavy atom. The van der Waals surface area contributed by atoms with E-state index in [1.165, 1.54) is 19.1 Å². The number of hydrogen-bond donors (Lipinski definition) is 0. The number of benzene rings is 1. The van der Waals surface area contributed by atoms with Crippen molar-refractivity contribution < 1.29 is 27.4 Å². The second-order valence-corrected chi connectivity index (χ2v) is 5.24. The molecule has 20 heavy (non-hydrogen) atoms.